The van der Waals surface area contributed by atoms with E-state index in [1.165, 1.54) is 25.0 Å². The lowest BCUT2D eigenvalue weighted by molar-refractivity contribution is -0.113. The second-order valence-electron chi connectivity index (χ2n) is 10.9. The largest absolute Gasteiger partial charge is 0.496 e. The first-order valence-corrected chi connectivity index (χ1v) is 14.0. The molecule has 0 bridgehead atoms. The zero-order valence-electron chi connectivity index (χ0n) is 22.9. The number of aromatic amines is 1. The standard InChI is InChI=1S/C31H34FN5O3/c1-19(14-20-15-22(32)8-9-28(20)40-2)33-24-6-5-7-27(38)29(24)30-34-25-16-21-18-37(13-12-36-10-3-4-11-36)31(39)23(21)17-26(25)35-30/h5-6,8-9,15-17,19,33H,3-4,7,10-14,18H2,1-2H3,(H,34,35)/t19-/m0/s1. The molecule has 0 saturated carbocycles. The van der Waals surface area contributed by atoms with Crippen LogP contribution in [0.1, 0.15) is 53.5 Å². The van der Waals surface area contributed by atoms with Crippen LogP contribution in [0.5, 0.6) is 5.75 Å². The zero-order chi connectivity index (χ0) is 27.8. The number of ether oxygens (including phenoxy) is 1. The lowest BCUT2D eigenvalue weighted by Gasteiger charge is -2.21. The number of methoxy groups -OCH3 is 1. The Bertz CT molecular complexity index is 1540. The first kappa shape index (κ1) is 26.3. The van der Waals surface area contributed by atoms with E-state index in [1.807, 2.05) is 36.1 Å². The molecule has 0 radical (unpaired) electrons. The predicted octanol–water partition coefficient (Wildman–Crippen LogP) is 4.22. The number of ketones is 1. The SMILES string of the molecule is COc1ccc(F)cc1C[C@H](C)NC1=C(c2nc3cc4c(cc3[nH]2)CN(CCN2CCCC2)C4=O)C(=O)CC=C1. The van der Waals surface area contributed by atoms with Crippen LogP contribution in [0.15, 0.2) is 48.2 Å². The number of fused-ring (bicyclic) bond motifs is 2. The Kier molecular flexibility index (Phi) is 7.14. The zero-order valence-corrected chi connectivity index (χ0v) is 22.9. The third-order valence-corrected chi connectivity index (χ3v) is 8.01. The minimum absolute atomic E-state index is 0.0421. The molecule has 208 valence electrons. The van der Waals surface area contributed by atoms with Crippen molar-refractivity contribution >= 4 is 28.3 Å². The molecule has 1 fully saturated rings. The van der Waals surface area contributed by atoms with Crippen LogP contribution in [0, 0.1) is 5.82 Å². The van der Waals surface area contributed by atoms with E-state index in [0.717, 1.165) is 42.8 Å². The van der Waals surface area contributed by atoms with E-state index in [9.17, 15) is 14.0 Å². The van der Waals surface area contributed by atoms with Gasteiger partial charge in [-0.05, 0) is 86.8 Å². The van der Waals surface area contributed by atoms with E-state index in [2.05, 4.69) is 15.2 Å². The highest BCUT2D eigenvalue weighted by molar-refractivity contribution is 6.22. The fraction of sp³-hybridized carbons (Fsp3) is 0.387. The van der Waals surface area contributed by atoms with Gasteiger partial charge in [-0.25, -0.2) is 9.37 Å². The number of imidazole rings is 1. The first-order valence-electron chi connectivity index (χ1n) is 14.0. The van der Waals surface area contributed by atoms with Crippen molar-refractivity contribution < 1.29 is 18.7 Å². The second-order valence-corrected chi connectivity index (χ2v) is 10.9. The number of amides is 1. The summed E-state index contributed by atoms with van der Waals surface area (Å²) < 4.78 is 19.3. The van der Waals surface area contributed by atoms with Crippen molar-refractivity contribution in [3.63, 3.8) is 0 Å². The molecule has 1 atom stereocenters. The Morgan fingerprint density at radius 1 is 1.15 bits per heavy atom. The maximum Gasteiger partial charge on any atom is 0.254 e. The van der Waals surface area contributed by atoms with Crippen LogP contribution >= 0.6 is 0 Å². The van der Waals surface area contributed by atoms with E-state index >= 15 is 0 Å². The summed E-state index contributed by atoms with van der Waals surface area (Å²) in [7, 11) is 1.56. The number of H-pyrrole nitrogens is 1. The van der Waals surface area contributed by atoms with Crippen molar-refractivity contribution in [2.45, 2.75) is 45.2 Å². The summed E-state index contributed by atoms with van der Waals surface area (Å²) in [5, 5.41) is 3.43. The van der Waals surface area contributed by atoms with Gasteiger partial charge in [-0.3, -0.25) is 9.59 Å². The van der Waals surface area contributed by atoms with E-state index in [1.54, 1.807) is 13.2 Å². The Balaban J connectivity index is 1.23. The summed E-state index contributed by atoms with van der Waals surface area (Å²) >= 11 is 0. The molecule has 3 aromatic rings. The number of carbonyl (C=O) groups excluding carboxylic acids is 2. The maximum atomic E-state index is 13.9. The van der Waals surface area contributed by atoms with Crippen molar-refractivity contribution in [2.75, 3.05) is 33.3 Å². The summed E-state index contributed by atoms with van der Waals surface area (Å²) in [6.45, 7) is 6.43. The third-order valence-electron chi connectivity index (χ3n) is 8.01. The third kappa shape index (κ3) is 5.13. The smallest absolute Gasteiger partial charge is 0.254 e. The Morgan fingerprint density at radius 2 is 1.98 bits per heavy atom. The highest BCUT2D eigenvalue weighted by Crippen LogP contribution is 2.30. The number of nitrogens with zero attached hydrogens (tertiary/aromatic N) is 3. The number of hydrogen-bond acceptors (Lipinski definition) is 6. The van der Waals surface area contributed by atoms with Gasteiger partial charge < -0.3 is 24.8 Å². The van der Waals surface area contributed by atoms with Crippen LogP contribution in [-0.2, 0) is 17.8 Å². The Labute approximate surface area is 232 Å². The minimum atomic E-state index is -0.321. The molecule has 1 saturated heterocycles. The molecule has 2 aromatic carbocycles. The molecule has 2 aliphatic heterocycles. The number of Topliss-reactive ketones (excluding diaryl/α,β-unsaturated/α-hetero) is 1. The predicted molar refractivity (Wildman–Crippen MR) is 151 cm³/mol. The number of rotatable bonds is 9. The number of carbonyl (C=O) groups is 2. The number of likely N-dealkylation sites (tertiary alicyclic amines) is 1. The molecule has 3 aliphatic rings. The molecule has 0 spiro atoms. The van der Waals surface area contributed by atoms with Gasteiger partial charge in [-0.15, -0.1) is 0 Å². The normalized spacial score (nSPS) is 18.2. The van der Waals surface area contributed by atoms with Gasteiger partial charge >= 0.3 is 0 Å². The second kappa shape index (κ2) is 10.9. The summed E-state index contributed by atoms with van der Waals surface area (Å²) in [6, 6.07) is 8.19. The number of benzene rings is 2. The molecule has 1 amide bonds. The average Bonchev–Trinajstić information content (AvgIpc) is 3.66. The summed E-state index contributed by atoms with van der Waals surface area (Å²) in [4.78, 5) is 38.7. The molecule has 6 rings (SSSR count). The van der Waals surface area contributed by atoms with Gasteiger partial charge in [0.15, 0.2) is 5.78 Å². The maximum absolute atomic E-state index is 13.9. The highest BCUT2D eigenvalue weighted by Gasteiger charge is 2.30. The number of aromatic nitrogens is 2. The van der Waals surface area contributed by atoms with Crippen LogP contribution in [0.2, 0.25) is 0 Å². The van der Waals surface area contributed by atoms with E-state index in [4.69, 9.17) is 9.72 Å². The van der Waals surface area contributed by atoms with Gasteiger partial charge in [0.05, 0.1) is 23.7 Å². The van der Waals surface area contributed by atoms with Crippen molar-refractivity contribution in [2.24, 2.45) is 0 Å². The fourth-order valence-electron chi connectivity index (χ4n) is 6.00. The average molecular weight is 544 g/mol. The van der Waals surface area contributed by atoms with Gasteiger partial charge in [0, 0.05) is 43.4 Å². The van der Waals surface area contributed by atoms with Crippen molar-refractivity contribution in [3.8, 4) is 5.75 Å². The van der Waals surface area contributed by atoms with Gasteiger partial charge in [0.2, 0.25) is 0 Å². The lowest BCUT2D eigenvalue weighted by atomic mass is 9.98. The van der Waals surface area contributed by atoms with Crippen LogP contribution in [0.3, 0.4) is 0 Å². The number of nitrogens with one attached hydrogen (secondary N) is 2. The number of allylic oxidation sites excluding steroid dienone is 3. The summed E-state index contributed by atoms with van der Waals surface area (Å²) in [5.41, 5.74) is 5.02. The molecule has 8 nitrogen and oxygen atoms in total. The van der Waals surface area contributed by atoms with Gasteiger partial charge in [0.25, 0.3) is 5.91 Å². The molecule has 1 aromatic heterocycles. The van der Waals surface area contributed by atoms with Gasteiger partial charge in [-0.1, -0.05) is 6.08 Å². The topological polar surface area (TPSA) is 90.6 Å². The van der Waals surface area contributed by atoms with E-state index in [0.29, 0.717) is 46.9 Å². The van der Waals surface area contributed by atoms with Crippen LogP contribution in [-0.4, -0.2) is 70.8 Å². The van der Waals surface area contributed by atoms with Crippen molar-refractivity contribution in [1.82, 2.24) is 25.1 Å². The molecule has 9 heteroatoms. The van der Waals surface area contributed by atoms with Gasteiger partial charge in [0.1, 0.15) is 17.4 Å². The fourth-order valence-corrected chi connectivity index (χ4v) is 6.00. The summed E-state index contributed by atoms with van der Waals surface area (Å²) in [5.74, 6) is 0.771. The van der Waals surface area contributed by atoms with Crippen LogP contribution in [0.4, 0.5) is 4.39 Å². The van der Waals surface area contributed by atoms with Crippen molar-refractivity contribution in [3.05, 3.63) is 76.5 Å². The van der Waals surface area contributed by atoms with Gasteiger partial charge in [-0.2, -0.15) is 0 Å². The Hall–Kier alpha value is -3.98. The Morgan fingerprint density at radius 3 is 2.77 bits per heavy atom. The molecule has 2 N–H and O–H groups in total. The monoisotopic (exact) mass is 543 g/mol. The molecular weight excluding hydrogens is 509 g/mol. The molecule has 3 heterocycles. The van der Waals surface area contributed by atoms with Crippen molar-refractivity contribution in [1.29, 1.82) is 0 Å². The van der Waals surface area contributed by atoms with E-state index in [-0.39, 0.29) is 30.0 Å². The number of hydrogen-bond donors (Lipinski definition) is 2. The van der Waals surface area contributed by atoms with Crippen LogP contribution < -0.4 is 10.1 Å². The quantitative estimate of drug-likeness (QED) is 0.420. The minimum Gasteiger partial charge on any atom is -0.496 e. The number of halogens is 1. The molecule has 40 heavy (non-hydrogen) atoms. The first-order chi connectivity index (χ1) is 19.4. The lowest BCUT2D eigenvalue weighted by Crippen LogP contribution is -2.33. The van der Waals surface area contributed by atoms with E-state index < -0.39 is 0 Å². The molecule has 1 aliphatic carbocycles. The highest BCUT2D eigenvalue weighted by atomic mass is 19.1. The molecular formula is C31H34FN5O3. The summed E-state index contributed by atoms with van der Waals surface area (Å²) in [6.07, 6.45) is 6.98. The van der Waals surface area contributed by atoms with Crippen LogP contribution in [0.25, 0.3) is 16.6 Å². The molecule has 0 unspecified atom stereocenters.